The lowest BCUT2D eigenvalue weighted by atomic mass is 10.0. The Morgan fingerprint density at radius 2 is 1.89 bits per heavy atom. The molecule has 2 aromatic rings. The fraction of sp³-hybridized carbons (Fsp3) is 0.444. The van der Waals surface area contributed by atoms with Crippen LogP contribution in [0.4, 0.5) is 20.5 Å². The van der Waals surface area contributed by atoms with Gasteiger partial charge < -0.3 is 15.8 Å². The van der Waals surface area contributed by atoms with E-state index in [4.69, 9.17) is 22.1 Å². The standard InChI is InChI=1S/C18H22ClF2N5O/c1-10-8-26(9-11(2)27-10)14(17-12(20)4-3-5-13(17)21)7-23-16-6-15(19)24-18(22)25-16/h3-6,10-11,14H,7-9H2,1-2H3,(H3,22,23,24,25). The van der Waals surface area contributed by atoms with Crippen molar-refractivity contribution in [3.8, 4) is 0 Å². The van der Waals surface area contributed by atoms with Crippen LogP contribution < -0.4 is 11.1 Å². The summed E-state index contributed by atoms with van der Waals surface area (Å²) in [5.41, 5.74) is 5.62. The second-order valence-electron chi connectivity index (χ2n) is 6.68. The lowest BCUT2D eigenvalue weighted by molar-refractivity contribution is -0.0801. The Kier molecular flexibility index (Phi) is 6.08. The zero-order valence-corrected chi connectivity index (χ0v) is 15.9. The molecule has 0 aliphatic carbocycles. The van der Waals surface area contributed by atoms with Crippen molar-refractivity contribution >= 4 is 23.4 Å². The summed E-state index contributed by atoms with van der Waals surface area (Å²) < 4.78 is 34.8. The average molecular weight is 398 g/mol. The van der Waals surface area contributed by atoms with Gasteiger partial charge in [-0.05, 0) is 26.0 Å². The van der Waals surface area contributed by atoms with Crippen molar-refractivity contribution in [1.82, 2.24) is 14.9 Å². The maximum Gasteiger partial charge on any atom is 0.223 e. The van der Waals surface area contributed by atoms with E-state index in [-0.39, 0.29) is 35.4 Å². The Bertz CT molecular complexity index is 759. The second-order valence-corrected chi connectivity index (χ2v) is 7.06. The van der Waals surface area contributed by atoms with Crippen LogP contribution in [0.25, 0.3) is 0 Å². The maximum absolute atomic E-state index is 14.5. The number of hydrogen-bond acceptors (Lipinski definition) is 6. The highest BCUT2D eigenvalue weighted by molar-refractivity contribution is 6.29. The SMILES string of the molecule is CC1CN(C(CNc2cc(Cl)nc(N)n2)c2c(F)cccc2F)CC(C)O1. The number of morpholine rings is 1. The first kappa shape index (κ1) is 19.7. The van der Waals surface area contributed by atoms with E-state index in [0.29, 0.717) is 18.9 Å². The molecule has 2 heterocycles. The van der Waals surface area contributed by atoms with Crippen molar-refractivity contribution in [3.05, 3.63) is 46.6 Å². The van der Waals surface area contributed by atoms with E-state index in [1.165, 1.54) is 24.3 Å². The zero-order valence-electron chi connectivity index (χ0n) is 15.1. The summed E-state index contributed by atoms with van der Waals surface area (Å²) in [7, 11) is 0. The molecule has 3 N–H and O–H groups in total. The third-order valence-corrected chi connectivity index (χ3v) is 4.60. The highest BCUT2D eigenvalue weighted by Gasteiger charge is 2.32. The number of rotatable bonds is 5. The molecule has 1 fully saturated rings. The zero-order chi connectivity index (χ0) is 19.6. The first-order valence-electron chi connectivity index (χ1n) is 8.71. The molecule has 9 heteroatoms. The molecule has 0 radical (unpaired) electrons. The van der Waals surface area contributed by atoms with Crippen molar-refractivity contribution < 1.29 is 13.5 Å². The normalized spacial score (nSPS) is 21.8. The van der Waals surface area contributed by atoms with Gasteiger partial charge in [0, 0.05) is 31.3 Å². The Morgan fingerprint density at radius 1 is 1.26 bits per heavy atom. The van der Waals surface area contributed by atoms with Crippen molar-refractivity contribution in [2.75, 3.05) is 30.7 Å². The maximum atomic E-state index is 14.5. The van der Waals surface area contributed by atoms with Gasteiger partial charge in [-0.15, -0.1) is 0 Å². The molecular weight excluding hydrogens is 376 g/mol. The van der Waals surface area contributed by atoms with Gasteiger partial charge in [0.15, 0.2) is 0 Å². The Labute approximate surface area is 161 Å². The Balaban J connectivity index is 1.90. The molecule has 1 saturated heterocycles. The van der Waals surface area contributed by atoms with Crippen LogP contribution in [0.15, 0.2) is 24.3 Å². The van der Waals surface area contributed by atoms with Crippen LogP contribution in [-0.4, -0.2) is 46.7 Å². The minimum atomic E-state index is -0.589. The first-order chi connectivity index (χ1) is 12.8. The van der Waals surface area contributed by atoms with E-state index < -0.39 is 17.7 Å². The summed E-state index contributed by atoms with van der Waals surface area (Å²) >= 11 is 5.90. The number of ether oxygens (including phenoxy) is 1. The van der Waals surface area contributed by atoms with Crippen molar-refractivity contribution in [2.45, 2.75) is 32.1 Å². The summed E-state index contributed by atoms with van der Waals surface area (Å²) in [6.45, 7) is 5.20. The number of nitrogens with zero attached hydrogens (tertiary/aromatic N) is 3. The fourth-order valence-corrected chi connectivity index (χ4v) is 3.63. The van der Waals surface area contributed by atoms with Gasteiger partial charge in [-0.2, -0.15) is 4.98 Å². The van der Waals surface area contributed by atoms with E-state index in [0.717, 1.165) is 0 Å². The van der Waals surface area contributed by atoms with Crippen molar-refractivity contribution in [3.63, 3.8) is 0 Å². The molecule has 27 heavy (non-hydrogen) atoms. The molecule has 0 bridgehead atoms. The van der Waals surface area contributed by atoms with Crippen LogP contribution in [0.2, 0.25) is 5.15 Å². The summed E-state index contributed by atoms with van der Waals surface area (Å²) in [5.74, 6) is -0.765. The quantitative estimate of drug-likeness (QED) is 0.754. The molecule has 1 aromatic heterocycles. The number of nitrogens with two attached hydrogens (primary N) is 1. The molecule has 3 unspecified atom stereocenters. The third kappa shape index (κ3) is 4.82. The summed E-state index contributed by atoms with van der Waals surface area (Å²) in [4.78, 5) is 9.88. The number of halogens is 3. The number of aromatic nitrogens is 2. The molecule has 146 valence electrons. The lowest BCUT2D eigenvalue weighted by Gasteiger charge is -2.40. The van der Waals surface area contributed by atoms with E-state index in [1.54, 1.807) is 0 Å². The smallest absolute Gasteiger partial charge is 0.223 e. The molecule has 1 aliphatic rings. The molecule has 0 amide bonds. The molecule has 1 aromatic carbocycles. The molecule has 3 atom stereocenters. The minimum absolute atomic E-state index is 0.0134. The topological polar surface area (TPSA) is 76.3 Å². The van der Waals surface area contributed by atoms with Crippen LogP contribution in [0.5, 0.6) is 0 Å². The summed E-state index contributed by atoms with van der Waals surface area (Å²) in [5, 5.41) is 3.26. The Hall–Kier alpha value is -2.03. The summed E-state index contributed by atoms with van der Waals surface area (Å²) in [6, 6.07) is 4.83. The average Bonchev–Trinajstić information content (AvgIpc) is 2.55. The monoisotopic (exact) mass is 397 g/mol. The number of nitrogen functional groups attached to an aromatic ring is 1. The fourth-order valence-electron chi connectivity index (χ4n) is 3.44. The lowest BCUT2D eigenvalue weighted by Crippen LogP contribution is -2.48. The molecule has 3 rings (SSSR count). The highest BCUT2D eigenvalue weighted by Crippen LogP contribution is 2.29. The van der Waals surface area contributed by atoms with Gasteiger partial charge in [-0.3, -0.25) is 4.90 Å². The number of anilines is 2. The van der Waals surface area contributed by atoms with Gasteiger partial charge in [0.1, 0.15) is 22.6 Å². The largest absolute Gasteiger partial charge is 0.373 e. The van der Waals surface area contributed by atoms with E-state index in [2.05, 4.69) is 15.3 Å². The van der Waals surface area contributed by atoms with Crippen LogP contribution in [-0.2, 0) is 4.74 Å². The first-order valence-corrected chi connectivity index (χ1v) is 9.08. The van der Waals surface area contributed by atoms with E-state index >= 15 is 0 Å². The van der Waals surface area contributed by atoms with Gasteiger partial charge in [0.25, 0.3) is 0 Å². The predicted molar refractivity (Wildman–Crippen MR) is 101 cm³/mol. The Morgan fingerprint density at radius 3 is 2.48 bits per heavy atom. The van der Waals surface area contributed by atoms with Gasteiger partial charge >= 0.3 is 0 Å². The highest BCUT2D eigenvalue weighted by atomic mass is 35.5. The molecular formula is C18H22ClF2N5O. The molecule has 1 aliphatic heterocycles. The van der Waals surface area contributed by atoms with Gasteiger partial charge in [0.05, 0.1) is 18.2 Å². The van der Waals surface area contributed by atoms with Crippen molar-refractivity contribution in [2.24, 2.45) is 0 Å². The van der Waals surface area contributed by atoms with Gasteiger partial charge in [-0.1, -0.05) is 17.7 Å². The van der Waals surface area contributed by atoms with Crippen LogP contribution in [0.3, 0.4) is 0 Å². The van der Waals surface area contributed by atoms with Crippen LogP contribution in [0, 0.1) is 11.6 Å². The summed E-state index contributed by atoms with van der Waals surface area (Å²) in [6.07, 6.45) is -0.0922. The van der Waals surface area contributed by atoms with E-state index in [1.807, 2.05) is 18.7 Å². The number of benzene rings is 1. The molecule has 0 saturated carbocycles. The van der Waals surface area contributed by atoms with Crippen molar-refractivity contribution in [1.29, 1.82) is 0 Å². The molecule has 6 nitrogen and oxygen atoms in total. The van der Waals surface area contributed by atoms with Gasteiger partial charge in [-0.25, -0.2) is 13.8 Å². The predicted octanol–water partition coefficient (Wildman–Crippen LogP) is 3.25. The van der Waals surface area contributed by atoms with E-state index in [9.17, 15) is 8.78 Å². The van der Waals surface area contributed by atoms with Crippen LogP contribution >= 0.6 is 11.6 Å². The number of nitrogens with one attached hydrogen (secondary N) is 1. The third-order valence-electron chi connectivity index (χ3n) is 4.41. The van der Waals surface area contributed by atoms with Crippen LogP contribution in [0.1, 0.15) is 25.5 Å². The van der Waals surface area contributed by atoms with Gasteiger partial charge in [0.2, 0.25) is 5.95 Å². The minimum Gasteiger partial charge on any atom is -0.373 e. The number of hydrogen-bond donors (Lipinski definition) is 2. The second kappa shape index (κ2) is 8.33. The molecule has 0 spiro atoms.